The van der Waals surface area contributed by atoms with E-state index in [0.29, 0.717) is 23.7 Å². The summed E-state index contributed by atoms with van der Waals surface area (Å²) in [6.07, 6.45) is 2.26. The second-order valence-corrected chi connectivity index (χ2v) is 6.89. The average molecular weight is 252 g/mol. The van der Waals surface area contributed by atoms with Gasteiger partial charge in [0.15, 0.2) is 0 Å². The van der Waals surface area contributed by atoms with Gasteiger partial charge in [0.05, 0.1) is 5.41 Å². The molecule has 3 heteroatoms. The van der Waals surface area contributed by atoms with Crippen molar-refractivity contribution in [1.82, 2.24) is 10.2 Å². The highest BCUT2D eigenvalue weighted by Crippen LogP contribution is 2.37. The molecular weight excluding hydrogens is 224 g/mol. The molecule has 0 bridgehead atoms. The van der Waals surface area contributed by atoms with Gasteiger partial charge in [0.25, 0.3) is 0 Å². The topological polar surface area (TPSA) is 32.3 Å². The second kappa shape index (κ2) is 5.20. The van der Waals surface area contributed by atoms with E-state index >= 15 is 0 Å². The quantitative estimate of drug-likeness (QED) is 0.816. The van der Waals surface area contributed by atoms with E-state index in [1.165, 1.54) is 6.42 Å². The van der Waals surface area contributed by atoms with Crippen LogP contribution in [-0.2, 0) is 4.79 Å². The fourth-order valence-corrected chi connectivity index (χ4v) is 3.78. The van der Waals surface area contributed by atoms with E-state index in [-0.39, 0.29) is 5.41 Å². The molecule has 0 radical (unpaired) electrons. The van der Waals surface area contributed by atoms with Gasteiger partial charge in [-0.05, 0) is 37.1 Å². The van der Waals surface area contributed by atoms with Crippen LogP contribution in [0.15, 0.2) is 0 Å². The molecule has 1 N–H and O–H groups in total. The van der Waals surface area contributed by atoms with Crippen molar-refractivity contribution in [3.05, 3.63) is 0 Å². The Bertz CT molecular complexity index is 298. The molecule has 2 aliphatic rings. The van der Waals surface area contributed by atoms with E-state index in [1.54, 1.807) is 0 Å². The van der Waals surface area contributed by atoms with Gasteiger partial charge in [-0.25, -0.2) is 0 Å². The molecule has 2 saturated heterocycles. The summed E-state index contributed by atoms with van der Waals surface area (Å²) < 4.78 is 0. The number of rotatable bonds is 2. The van der Waals surface area contributed by atoms with Crippen LogP contribution in [0.4, 0.5) is 0 Å². The minimum absolute atomic E-state index is 0.142. The van der Waals surface area contributed by atoms with Crippen LogP contribution in [0.25, 0.3) is 0 Å². The van der Waals surface area contributed by atoms with Gasteiger partial charge in [0.1, 0.15) is 0 Å². The summed E-state index contributed by atoms with van der Waals surface area (Å²) >= 11 is 0. The smallest absolute Gasteiger partial charge is 0.230 e. The Morgan fingerprint density at radius 3 is 2.33 bits per heavy atom. The Morgan fingerprint density at radius 1 is 1.28 bits per heavy atom. The van der Waals surface area contributed by atoms with Crippen molar-refractivity contribution in [3.63, 3.8) is 0 Å². The molecule has 1 amide bonds. The molecule has 0 aromatic rings. The molecule has 2 heterocycles. The zero-order valence-corrected chi connectivity index (χ0v) is 12.3. The minimum Gasteiger partial charge on any atom is -0.342 e. The summed E-state index contributed by atoms with van der Waals surface area (Å²) in [4.78, 5) is 15.1. The van der Waals surface area contributed by atoms with Crippen molar-refractivity contribution >= 4 is 5.91 Å². The van der Waals surface area contributed by atoms with Gasteiger partial charge in [-0.1, -0.05) is 27.7 Å². The first kappa shape index (κ1) is 13.9. The monoisotopic (exact) mass is 252 g/mol. The van der Waals surface area contributed by atoms with Crippen molar-refractivity contribution in [2.24, 2.45) is 23.2 Å². The van der Waals surface area contributed by atoms with Crippen molar-refractivity contribution < 1.29 is 4.79 Å². The van der Waals surface area contributed by atoms with Crippen LogP contribution >= 0.6 is 0 Å². The van der Waals surface area contributed by atoms with Crippen LogP contribution < -0.4 is 5.32 Å². The maximum Gasteiger partial charge on any atom is 0.230 e. The SMILES string of the molecule is CC1CC(C)CN(C(=O)C2(C(C)C)CCNC2)C1. The molecule has 0 saturated carbocycles. The number of carbonyl (C=O) groups is 1. The van der Waals surface area contributed by atoms with E-state index in [4.69, 9.17) is 0 Å². The van der Waals surface area contributed by atoms with Crippen molar-refractivity contribution in [2.45, 2.75) is 40.5 Å². The van der Waals surface area contributed by atoms with E-state index in [9.17, 15) is 4.79 Å². The van der Waals surface area contributed by atoms with E-state index < -0.39 is 0 Å². The Hall–Kier alpha value is -0.570. The summed E-state index contributed by atoms with van der Waals surface area (Å²) in [7, 11) is 0. The normalized spacial score (nSPS) is 37.3. The first-order chi connectivity index (χ1) is 8.45. The Kier molecular flexibility index (Phi) is 4.00. The van der Waals surface area contributed by atoms with Gasteiger partial charge in [-0.3, -0.25) is 4.79 Å². The molecule has 104 valence electrons. The van der Waals surface area contributed by atoms with E-state index in [1.807, 2.05) is 0 Å². The van der Waals surface area contributed by atoms with Crippen LogP contribution in [0.5, 0.6) is 0 Å². The lowest BCUT2D eigenvalue weighted by Crippen LogP contribution is -2.52. The van der Waals surface area contributed by atoms with E-state index in [2.05, 4.69) is 37.9 Å². The highest BCUT2D eigenvalue weighted by molar-refractivity contribution is 5.84. The third-order valence-electron chi connectivity index (χ3n) is 4.88. The molecule has 2 rings (SSSR count). The number of carbonyl (C=O) groups excluding carboxylic acids is 1. The molecule has 3 unspecified atom stereocenters. The van der Waals surface area contributed by atoms with Crippen LogP contribution in [0.3, 0.4) is 0 Å². The number of piperidine rings is 1. The Morgan fingerprint density at radius 2 is 1.89 bits per heavy atom. The summed E-state index contributed by atoms with van der Waals surface area (Å²) in [5, 5.41) is 3.39. The van der Waals surface area contributed by atoms with Gasteiger partial charge in [-0.15, -0.1) is 0 Å². The van der Waals surface area contributed by atoms with Gasteiger partial charge in [-0.2, -0.15) is 0 Å². The lowest BCUT2D eigenvalue weighted by molar-refractivity contribution is -0.146. The van der Waals surface area contributed by atoms with E-state index in [0.717, 1.165) is 32.6 Å². The van der Waals surface area contributed by atoms with Crippen molar-refractivity contribution in [1.29, 1.82) is 0 Å². The fraction of sp³-hybridized carbons (Fsp3) is 0.933. The molecule has 3 nitrogen and oxygen atoms in total. The molecule has 3 atom stereocenters. The molecule has 0 spiro atoms. The van der Waals surface area contributed by atoms with Crippen molar-refractivity contribution in [2.75, 3.05) is 26.2 Å². The molecule has 0 aromatic heterocycles. The summed E-state index contributed by atoms with van der Waals surface area (Å²) in [6.45, 7) is 12.7. The van der Waals surface area contributed by atoms with Gasteiger partial charge in [0, 0.05) is 19.6 Å². The molecule has 2 aliphatic heterocycles. The highest BCUT2D eigenvalue weighted by atomic mass is 16.2. The number of nitrogens with zero attached hydrogens (tertiary/aromatic N) is 1. The third kappa shape index (κ3) is 2.42. The Balaban J connectivity index is 2.13. The first-order valence-corrected chi connectivity index (χ1v) is 7.46. The third-order valence-corrected chi connectivity index (χ3v) is 4.88. The summed E-state index contributed by atoms with van der Waals surface area (Å²) in [6, 6.07) is 0. The number of hydrogen-bond donors (Lipinski definition) is 1. The minimum atomic E-state index is -0.142. The predicted molar refractivity (Wildman–Crippen MR) is 74.3 cm³/mol. The molecule has 2 fully saturated rings. The maximum atomic E-state index is 12.9. The van der Waals surface area contributed by atoms with Crippen LogP contribution in [0, 0.1) is 23.2 Å². The lowest BCUT2D eigenvalue weighted by Gasteiger charge is -2.42. The molecule has 0 aliphatic carbocycles. The number of likely N-dealkylation sites (tertiary alicyclic amines) is 1. The standard InChI is InChI=1S/C15H28N2O/c1-11(2)15(5-6-16-10-15)14(18)17-8-12(3)7-13(4)9-17/h11-13,16H,5-10H2,1-4H3. The summed E-state index contributed by atoms with van der Waals surface area (Å²) in [5.41, 5.74) is -0.142. The van der Waals surface area contributed by atoms with Gasteiger partial charge in [0.2, 0.25) is 5.91 Å². The van der Waals surface area contributed by atoms with Crippen LogP contribution in [0.1, 0.15) is 40.5 Å². The van der Waals surface area contributed by atoms with Crippen LogP contribution in [-0.4, -0.2) is 37.0 Å². The lowest BCUT2D eigenvalue weighted by atomic mass is 9.74. The largest absolute Gasteiger partial charge is 0.342 e. The first-order valence-electron chi connectivity index (χ1n) is 7.46. The number of hydrogen-bond acceptors (Lipinski definition) is 2. The average Bonchev–Trinajstić information content (AvgIpc) is 2.76. The van der Waals surface area contributed by atoms with Gasteiger partial charge >= 0.3 is 0 Å². The second-order valence-electron chi connectivity index (χ2n) is 6.89. The Labute approximate surface area is 111 Å². The summed E-state index contributed by atoms with van der Waals surface area (Å²) in [5.74, 6) is 2.13. The fourth-order valence-electron chi connectivity index (χ4n) is 3.78. The highest BCUT2D eigenvalue weighted by Gasteiger charge is 2.46. The molecule has 18 heavy (non-hydrogen) atoms. The van der Waals surface area contributed by atoms with Gasteiger partial charge < -0.3 is 10.2 Å². The molecular formula is C15H28N2O. The predicted octanol–water partition coefficient (Wildman–Crippen LogP) is 2.13. The number of amides is 1. The van der Waals surface area contributed by atoms with Crippen molar-refractivity contribution in [3.8, 4) is 0 Å². The number of nitrogens with one attached hydrogen (secondary N) is 1. The maximum absolute atomic E-state index is 12.9. The zero-order valence-electron chi connectivity index (χ0n) is 12.3. The zero-order chi connectivity index (χ0) is 13.3. The van der Waals surface area contributed by atoms with Crippen LogP contribution in [0.2, 0.25) is 0 Å². The molecule has 0 aromatic carbocycles.